The lowest BCUT2D eigenvalue weighted by atomic mass is 10.1. The molecule has 2 heterocycles. The molecule has 0 atom stereocenters. The number of carbonyl (C=O) groups is 1. The number of pyridine rings is 1. The Morgan fingerprint density at radius 2 is 1.88 bits per heavy atom. The molecule has 0 aliphatic heterocycles. The van der Waals surface area contributed by atoms with Crippen LogP contribution in [0, 0.1) is 6.92 Å². The second kappa shape index (κ2) is 6.02. The zero-order valence-corrected chi connectivity index (χ0v) is 14.2. The van der Waals surface area contributed by atoms with E-state index in [4.69, 9.17) is 4.98 Å². The van der Waals surface area contributed by atoms with Crippen molar-refractivity contribution in [2.75, 3.05) is 5.32 Å². The molecule has 0 saturated carbocycles. The molecule has 0 aliphatic rings. The number of aryl methyl sites for hydroxylation is 2. The third-order valence-corrected chi connectivity index (χ3v) is 4.27. The van der Waals surface area contributed by atoms with Gasteiger partial charge in [0.2, 0.25) is 0 Å². The average molecular weight is 330 g/mol. The largest absolute Gasteiger partial charge is 0.305 e. The number of fused-ring (bicyclic) bond motifs is 2. The predicted molar refractivity (Wildman–Crippen MR) is 99.8 cm³/mol. The average Bonchev–Trinajstić information content (AvgIpc) is 2.97. The van der Waals surface area contributed by atoms with Gasteiger partial charge in [0.15, 0.2) is 11.5 Å². The SMILES string of the molecule is CCn1nc(NC(=O)c2ccc(C)cc2)c2cc3ccccc3nc21. The summed E-state index contributed by atoms with van der Waals surface area (Å²) >= 11 is 0. The fourth-order valence-electron chi connectivity index (χ4n) is 2.90. The van der Waals surface area contributed by atoms with Crippen molar-refractivity contribution in [1.82, 2.24) is 14.8 Å². The van der Waals surface area contributed by atoms with E-state index in [9.17, 15) is 4.79 Å². The summed E-state index contributed by atoms with van der Waals surface area (Å²) in [7, 11) is 0. The number of para-hydroxylation sites is 1. The predicted octanol–water partition coefficient (Wildman–Crippen LogP) is 4.17. The van der Waals surface area contributed by atoms with Crippen LogP contribution in [0.2, 0.25) is 0 Å². The number of hydrogen-bond acceptors (Lipinski definition) is 3. The van der Waals surface area contributed by atoms with Crippen molar-refractivity contribution in [3.8, 4) is 0 Å². The molecular weight excluding hydrogens is 312 g/mol. The number of benzene rings is 2. The highest BCUT2D eigenvalue weighted by molar-refractivity contribution is 6.08. The Morgan fingerprint density at radius 3 is 2.64 bits per heavy atom. The van der Waals surface area contributed by atoms with Gasteiger partial charge in [-0.2, -0.15) is 5.10 Å². The van der Waals surface area contributed by atoms with Crippen molar-refractivity contribution in [2.24, 2.45) is 0 Å². The molecule has 124 valence electrons. The number of nitrogens with zero attached hydrogens (tertiary/aromatic N) is 3. The molecule has 1 amide bonds. The number of anilines is 1. The van der Waals surface area contributed by atoms with Gasteiger partial charge in [0.05, 0.1) is 10.9 Å². The second-order valence-electron chi connectivity index (χ2n) is 6.04. The van der Waals surface area contributed by atoms with Crippen LogP contribution in [-0.4, -0.2) is 20.7 Å². The van der Waals surface area contributed by atoms with Gasteiger partial charge < -0.3 is 5.32 Å². The third-order valence-electron chi connectivity index (χ3n) is 4.27. The number of amides is 1. The minimum Gasteiger partial charge on any atom is -0.305 e. The van der Waals surface area contributed by atoms with Gasteiger partial charge in [0.25, 0.3) is 5.91 Å². The lowest BCUT2D eigenvalue weighted by Gasteiger charge is -2.03. The van der Waals surface area contributed by atoms with E-state index < -0.39 is 0 Å². The molecule has 5 nitrogen and oxygen atoms in total. The molecule has 1 N–H and O–H groups in total. The third kappa shape index (κ3) is 2.74. The van der Waals surface area contributed by atoms with Crippen molar-refractivity contribution in [2.45, 2.75) is 20.4 Å². The Labute approximate surface area is 145 Å². The van der Waals surface area contributed by atoms with Crippen LogP contribution in [0.3, 0.4) is 0 Å². The van der Waals surface area contributed by atoms with E-state index in [-0.39, 0.29) is 5.91 Å². The standard InChI is InChI=1S/C20H18N4O/c1-3-24-19-16(12-15-6-4-5-7-17(15)21-19)18(23-24)22-20(25)14-10-8-13(2)9-11-14/h4-12H,3H2,1-2H3,(H,22,23,25). The van der Waals surface area contributed by atoms with Crippen LogP contribution >= 0.6 is 0 Å². The lowest BCUT2D eigenvalue weighted by molar-refractivity contribution is 0.102. The molecule has 25 heavy (non-hydrogen) atoms. The highest BCUT2D eigenvalue weighted by atomic mass is 16.1. The molecule has 4 aromatic rings. The molecule has 0 radical (unpaired) electrons. The van der Waals surface area contributed by atoms with Crippen LogP contribution in [0.15, 0.2) is 54.6 Å². The molecule has 0 bridgehead atoms. The molecule has 0 aliphatic carbocycles. The Bertz CT molecular complexity index is 1080. The Balaban J connectivity index is 1.79. The molecule has 0 unspecified atom stereocenters. The minimum atomic E-state index is -0.171. The van der Waals surface area contributed by atoms with Crippen LogP contribution in [0.25, 0.3) is 21.9 Å². The number of carbonyl (C=O) groups excluding carboxylic acids is 1. The first-order valence-electron chi connectivity index (χ1n) is 8.30. The van der Waals surface area contributed by atoms with Gasteiger partial charge >= 0.3 is 0 Å². The van der Waals surface area contributed by atoms with Gasteiger partial charge in [0, 0.05) is 17.5 Å². The van der Waals surface area contributed by atoms with Gasteiger partial charge in [-0.15, -0.1) is 0 Å². The van der Waals surface area contributed by atoms with Gasteiger partial charge in [0.1, 0.15) is 0 Å². The molecule has 2 aromatic heterocycles. The van der Waals surface area contributed by atoms with Crippen molar-refractivity contribution < 1.29 is 4.79 Å². The molecule has 0 fully saturated rings. The summed E-state index contributed by atoms with van der Waals surface area (Å²) in [5.41, 5.74) is 3.42. The maximum absolute atomic E-state index is 12.5. The first-order valence-corrected chi connectivity index (χ1v) is 8.30. The number of nitrogens with one attached hydrogen (secondary N) is 1. The summed E-state index contributed by atoms with van der Waals surface area (Å²) in [6, 6.07) is 17.4. The molecule has 0 saturated heterocycles. The quantitative estimate of drug-likeness (QED) is 0.613. The summed E-state index contributed by atoms with van der Waals surface area (Å²) in [4.78, 5) is 17.3. The van der Waals surface area contributed by atoms with Crippen molar-refractivity contribution in [3.05, 3.63) is 65.7 Å². The van der Waals surface area contributed by atoms with Gasteiger partial charge in [-0.3, -0.25) is 4.79 Å². The van der Waals surface area contributed by atoms with Crippen molar-refractivity contribution in [1.29, 1.82) is 0 Å². The van der Waals surface area contributed by atoms with Crippen LogP contribution < -0.4 is 5.32 Å². The van der Waals surface area contributed by atoms with Gasteiger partial charge in [-0.1, -0.05) is 35.9 Å². The molecule has 4 rings (SSSR count). The summed E-state index contributed by atoms with van der Waals surface area (Å²) in [5, 5.41) is 9.34. The highest BCUT2D eigenvalue weighted by Crippen LogP contribution is 2.26. The molecular formula is C20H18N4O. The van der Waals surface area contributed by atoms with Gasteiger partial charge in [-0.05, 0) is 38.1 Å². The maximum atomic E-state index is 12.5. The smallest absolute Gasteiger partial charge is 0.256 e. The second-order valence-corrected chi connectivity index (χ2v) is 6.04. The van der Waals surface area contributed by atoms with Crippen molar-refractivity contribution in [3.63, 3.8) is 0 Å². The maximum Gasteiger partial charge on any atom is 0.256 e. The summed E-state index contributed by atoms with van der Waals surface area (Å²) in [5.74, 6) is 0.372. The van der Waals surface area contributed by atoms with E-state index in [0.717, 1.165) is 27.5 Å². The monoisotopic (exact) mass is 330 g/mol. The Morgan fingerprint density at radius 1 is 1.12 bits per heavy atom. The van der Waals surface area contributed by atoms with E-state index in [2.05, 4.69) is 10.4 Å². The van der Waals surface area contributed by atoms with E-state index in [1.54, 1.807) is 0 Å². The van der Waals surface area contributed by atoms with Crippen LogP contribution in [0.5, 0.6) is 0 Å². The fourth-order valence-corrected chi connectivity index (χ4v) is 2.90. The van der Waals surface area contributed by atoms with Gasteiger partial charge in [-0.25, -0.2) is 9.67 Å². The summed E-state index contributed by atoms with van der Waals surface area (Å²) < 4.78 is 1.81. The number of rotatable bonds is 3. The Kier molecular flexibility index (Phi) is 3.69. The molecule has 2 aromatic carbocycles. The number of hydrogen-bond donors (Lipinski definition) is 1. The van der Waals surface area contributed by atoms with Crippen LogP contribution in [0.1, 0.15) is 22.8 Å². The van der Waals surface area contributed by atoms with Crippen molar-refractivity contribution >= 4 is 33.7 Å². The summed E-state index contributed by atoms with van der Waals surface area (Å²) in [6.45, 7) is 4.69. The lowest BCUT2D eigenvalue weighted by Crippen LogP contribution is -2.12. The van der Waals surface area contributed by atoms with E-state index in [1.165, 1.54) is 0 Å². The zero-order chi connectivity index (χ0) is 17.4. The first kappa shape index (κ1) is 15.3. The Hall–Kier alpha value is -3.21. The normalized spacial score (nSPS) is 11.1. The van der Waals surface area contributed by atoms with E-state index >= 15 is 0 Å². The molecule has 0 spiro atoms. The zero-order valence-electron chi connectivity index (χ0n) is 14.2. The van der Waals surface area contributed by atoms with E-state index in [1.807, 2.05) is 73.1 Å². The first-order chi connectivity index (χ1) is 12.2. The van der Waals surface area contributed by atoms with Crippen LogP contribution in [0.4, 0.5) is 5.82 Å². The minimum absolute atomic E-state index is 0.171. The topological polar surface area (TPSA) is 59.8 Å². The molecule has 5 heteroatoms. The summed E-state index contributed by atoms with van der Waals surface area (Å²) in [6.07, 6.45) is 0. The number of aromatic nitrogens is 3. The fraction of sp³-hybridized carbons (Fsp3) is 0.150. The van der Waals surface area contributed by atoms with E-state index in [0.29, 0.717) is 17.9 Å². The highest BCUT2D eigenvalue weighted by Gasteiger charge is 2.15. The van der Waals surface area contributed by atoms with Crippen LogP contribution in [-0.2, 0) is 6.54 Å².